The lowest BCUT2D eigenvalue weighted by Gasteiger charge is -2.16. The Morgan fingerprint density at radius 3 is 1.82 bits per heavy atom. The summed E-state index contributed by atoms with van der Waals surface area (Å²) >= 11 is 0. The number of hydrogen-bond acceptors (Lipinski definition) is 1. The first-order valence-electron chi connectivity index (χ1n) is 6.78. The smallest absolute Gasteiger partial charge is 0.306 e. The van der Waals surface area contributed by atoms with Gasteiger partial charge in [0.05, 0.1) is 0 Å². The van der Waals surface area contributed by atoms with Gasteiger partial charge in [0.1, 0.15) is 6.04 Å². The summed E-state index contributed by atoms with van der Waals surface area (Å²) in [5.41, 5.74) is 0. The highest BCUT2D eigenvalue weighted by atomic mass is 19.4. The van der Waals surface area contributed by atoms with Crippen LogP contribution < -0.4 is 5.32 Å². The molecule has 0 aromatic carbocycles. The third kappa shape index (κ3) is 10.6. The molecular formula is C13H26F3N. The minimum Gasteiger partial charge on any atom is -0.306 e. The van der Waals surface area contributed by atoms with E-state index in [9.17, 15) is 13.2 Å². The SMILES string of the molecule is CCCCCCCCCCNC(C)C(F)(F)F. The van der Waals surface area contributed by atoms with Gasteiger partial charge in [0.15, 0.2) is 0 Å². The topological polar surface area (TPSA) is 12.0 Å². The van der Waals surface area contributed by atoms with E-state index in [0.717, 1.165) is 19.3 Å². The second-order valence-electron chi connectivity index (χ2n) is 4.69. The van der Waals surface area contributed by atoms with Gasteiger partial charge in [0.25, 0.3) is 0 Å². The Labute approximate surface area is 103 Å². The molecule has 0 saturated carbocycles. The molecule has 0 aliphatic carbocycles. The van der Waals surface area contributed by atoms with E-state index >= 15 is 0 Å². The van der Waals surface area contributed by atoms with E-state index in [1.165, 1.54) is 39.0 Å². The van der Waals surface area contributed by atoms with Gasteiger partial charge in [-0.05, 0) is 19.9 Å². The molecule has 17 heavy (non-hydrogen) atoms. The standard InChI is InChI=1S/C13H26F3N/c1-3-4-5-6-7-8-9-10-11-17-12(2)13(14,15)16/h12,17H,3-11H2,1-2H3. The summed E-state index contributed by atoms with van der Waals surface area (Å²) in [7, 11) is 0. The number of alkyl halides is 3. The van der Waals surface area contributed by atoms with E-state index in [4.69, 9.17) is 0 Å². The Kier molecular flexibility index (Phi) is 9.60. The molecule has 0 radical (unpaired) electrons. The predicted molar refractivity (Wildman–Crippen MR) is 66.1 cm³/mol. The van der Waals surface area contributed by atoms with Crippen LogP contribution in [0.1, 0.15) is 65.2 Å². The van der Waals surface area contributed by atoms with Crippen LogP contribution in [0.4, 0.5) is 13.2 Å². The molecule has 0 aromatic rings. The fourth-order valence-corrected chi connectivity index (χ4v) is 1.69. The normalized spacial score (nSPS) is 13.9. The van der Waals surface area contributed by atoms with Crippen LogP contribution in [0.5, 0.6) is 0 Å². The van der Waals surface area contributed by atoms with Crippen LogP contribution in [0.25, 0.3) is 0 Å². The van der Waals surface area contributed by atoms with Gasteiger partial charge in [-0.15, -0.1) is 0 Å². The molecule has 1 atom stereocenters. The van der Waals surface area contributed by atoms with Gasteiger partial charge >= 0.3 is 6.18 Å². The lowest BCUT2D eigenvalue weighted by Crippen LogP contribution is -2.39. The molecule has 0 spiro atoms. The van der Waals surface area contributed by atoms with E-state index in [1.807, 2.05) is 0 Å². The van der Waals surface area contributed by atoms with Crippen molar-refractivity contribution in [3.05, 3.63) is 0 Å². The summed E-state index contributed by atoms with van der Waals surface area (Å²) in [5.74, 6) is 0. The average molecular weight is 253 g/mol. The van der Waals surface area contributed by atoms with Crippen molar-refractivity contribution in [3.63, 3.8) is 0 Å². The number of halogens is 3. The van der Waals surface area contributed by atoms with Crippen LogP contribution in [0.2, 0.25) is 0 Å². The highest BCUT2D eigenvalue weighted by Gasteiger charge is 2.35. The molecule has 0 aliphatic rings. The van der Waals surface area contributed by atoms with Crippen molar-refractivity contribution < 1.29 is 13.2 Å². The van der Waals surface area contributed by atoms with Gasteiger partial charge in [-0.2, -0.15) is 13.2 Å². The van der Waals surface area contributed by atoms with Crippen molar-refractivity contribution >= 4 is 0 Å². The molecule has 1 nitrogen and oxygen atoms in total. The van der Waals surface area contributed by atoms with Crippen LogP contribution in [0.3, 0.4) is 0 Å². The molecule has 104 valence electrons. The van der Waals surface area contributed by atoms with Gasteiger partial charge in [0, 0.05) is 0 Å². The van der Waals surface area contributed by atoms with Gasteiger partial charge in [-0.1, -0.05) is 51.9 Å². The Hall–Kier alpha value is -0.250. The Morgan fingerprint density at radius 1 is 0.882 bits per heavy atom. The summed E-state index contributed by atoms with van der Waals surface area (Å²) in [6.45, 7) is 3.83. The predicted octanol–water partition coefficient (Wildman–Crippen LogP) is 4.67. The largest absolute Gasteiger partial charge is 0.403 e. The lowest BCUT2D eigenvalue weighted by molar-refractivity contribution is -0.151. The molecule has 1 N–H and O–H groups in total. The van der Waals surface area contributed by atoms with Crippen LogP contribution in [-0.2, 0) is 0 Å². The molecular weight excluding hydrogens is 227 g/mol. The Morgan fingerprint density at radius 2 is 1.35 bits per heavy atom. The second kappa shape index (κ2) is 9.75. The molecule has 1 unspecified atom stereocenters. The van der Waals surface area contributed by atoms with Crippen LogP contribution in [0, 0.1) is 0 Å². The Balaban J connectivity index is 3.19. The van der Waals surface area contributed by atoms with E-state index in [0.29, 0.717) is 6.54 Å². The van der Waals surface area contributed by atoms with E-state index in [-0.39, 0.29) is 0 Å². The molecule has 0 fully saturated rings. The van der Waals surface area contributed by atoms with Gasteiger partial charge in [0.2, 0.25) is 0 Å². The van der Waals surface area contributed by atoms with E-state index < -0.39 is 12.2 Å². The summed E-state index contributed by atoms with van der Waals surface area (Å²) in [6, 6.07) is -1.38. The zero-order valence-corrected chi connectivity index (χ0v) is 11.1. The number of nitrogens with one attached hydrogen (secondary N) is 1. The molecule has 0 heterocycles. The number of hydrogen-bond donors (Lipinski definition) is 1. The Bertz CT molecular complexity index is 169. The summed E-state index contributed by atoms with van der Waals surface area (Å²) in [6.07, 6.45) is 5.22. The fourth-order valence-electron chi connectivity index (χ4n) is 1.69. The van der Waals surface area contributed by atoms with Crippen molar-refractivity contribution in [2.24, 2.45) is 0 Å². The first-order valence-corrected chi connectivity index (χ1v) is 6.78. The van der Waals surface area contributed by atoms with Crippen molar-refractivity contribution in [1.29, 1.82) is 0 Å². The molecule has 0 rings (SSSR count). The quantitative estimate of drug-likeness (QED) is 0.558. The van der Waals surface area contributed by atoms with Crippen molar-refractivity contribution in [1.82, 2.24) is 5.32 Å². The van der Waals surface area contributed by atoms with Crippen molar-refractivity contribution in [3.8, 4) is 0 Å². The average Bonchev–Trinajstić information content (AvgIpc) is 2.25. The summed E-state index contributed by atoms with van der Waals surface area (Å²) in [5, 5.41) is 2.51. The minimum atomic E-state index is -4.11. The maximum Gasteiger partial charge on any atom is 0.403 e. The monoisotopic (exact) mass is 253 g/mol. The molecule has 0 aliphatic heterocycles. The van der Waals surface area contributed by atoms with Gasteiger partial charge < -0.3 is 5.32 Å². The van der Waals surface area contributed by atoms with E-state index in [1.54, 1.807) is 0 Å². The maximum absolute atomic E-state index is 12.1. The maximum atomic E-state index is 12.1. The van der Waals surface area contributed by atoms with Crippen molar-refractivity contribution in [2.75, 3.05) is 6.54 Å². The van der Waals surface area contributed by atoms with Crippen molar-refractivity contribution in [2.45, 2.75) is 77.4 Å². The third-order valence-electron chi connectivity index (χ3n) is 2.97. The zero-order valence-electron chi connectivity index (χ0n) is 11.1. The molecule has 0 saturated heterocycles. The highest BCUT2D eigenvalue weighted by Crippen LogP contribution is 2.19. The summed E-state index contributed by atoms with van der Waals surface area (Å²) in [4.78, 5) is 0. The van der Waals surface area contributed by atoms with Crippen LogP contribution in [-0.4, -0.2) is 18.8 Å². The van der Waals surface area contributed by atoms with Crippen LogP contribution >= 0.6 is 0 Å². The molecule has 4 heteroatoms. The highest BCUT2D eigenvalue weighted by molar-refractivity contribution is 4.68. The van der Waals surface area contributed by atoms with Gasteiger partial charge in [-0.25, -0.2) is 0 Å². The molecule has 0 amide bonds. The number of rotatable bonds is 10. The second-order valence-corrected chi connectivity index (χ2v) is 4.69. The lowest BCUT2D eigenvalue weighted by atomic mass is 10.1. The fraction of sp³-hybridized carbons (Fsp3) is 1.00. The summed E-state index contributed by atoms with van der Waals surface area (Å²) < 4.78 is 36.4. The molecule has 0 bridgehead atoms. The zero-order chi connectivity index (χ0) is 13.1. The third-order valence-corrected chi connectivity index (χ3v) is 2.97. The number of unbranched alkanes of at least 4 members (excludes halogenated alkanes) is 7. The minimum absolute atomic E-state index is 0.468. The van der Waals surface area contributed by atoms with Crippen LogP contribution in [0.15, 0.2) is 0 Å². The first kappa shape index (κ1) is 16.8. The van der Waals surface area contributed by atoms with Gasteiger partial charge in [-0.3, -0.25) is 0 Å². The first-order chi connectivity index (χ1) is 7.98. The van der Waals surface area contributed by atoms with E-state index in [2.05, 4.69) is 12.2 Å². The molecule has 0 aromatic heterocycles.